The average molecular weight is 526 g/mol. The van der Waals surface area contributed by atoms with Crippen LogP contribution in [0, 0.1) is 0 Å². The molecule has 0 unspecified atom stereocenters. The first-order chi connectivity index (χ1) is 20.3. The van der Waals surface area contributed by atoms with E-state index >= 15 is 0 Å². The van der Waals surface area contributed by atoms with Gasteiger partial charge in [0.2, 0.25) is 0 Å². The summed E-state index contributed by atoms with van der Waals surface area (Å²) in [7, 11) is 0. The topological polar surface area (TPSA) is 51.8 Å². The largest absolute Gasteiger partial charge is 0.456 e. The number of hydrogen-bond donors (Lipinski definition) is 0. The molecule has 0 atom stereocenters. The third kappa shape index (κ3) is 4.23. The van der Waals surface area contributed by atoms with Crippen molar-refractivity contribution < 1.29 is 4.42 Å². The Morgan fingerprint density at radius 3 is 1.71 bits per heavy atom. The lowest BCUT2D eigenvalue weighted by Crippen LogP contribution is -2.00. The highest BCUT2D eigenvalue weighted by Gasteiger charge is 2.13. The Morgan fingerprint density at radius 1 is 0.341 bits per heavy atom. The number of rotatable bonds is 4. The normalized spacial score (nSPS) is 11.4. The first kappa shape index (κ1) is 23.3. The Hall–Kier alpha value is -5.61. The highest BCUT2D eigenvalue weighted by Crippen LogP contribution is 2.33. The third-order valence-electron chi connectivity index (χ3n) is 7.53. The van der Waals surface area contributed by atoms with Crippen LogP contribution in [-0.4, -0.2) is 15.0 Å². The van der Waals surface area contributed by atoms with Crippen LogP contribution in [0.5, 0.6) is 0 Å². The molecule has 8 rings (SSSR count). The van der Waals surface area contributed by atoms with Gasteiger partial charge in [0.25, 0.3) is 0 Å². The molecule has 0 bridgehead atoms. The fraction of sp³-hybridized carbons (Fsp3) is 0. The standard InChI is InChI=1S/C37H23N3O/c1-2-9-26(10-3-1)35-38-36(40-37(39-35)30-19-16-24-8-4-5-11-28(24)22-30)27-17-14-25(15-18-27)29-20-21-34-32(23-29)31-12-6-7-13-33(31)41-34/h1-23H. The van der Waals surface area contributed by atoms with Gasteiger partial charge in [-0.25, -0.2) is 15.0 Å². The Bertz CT molecular complexity index is 2200. The van der Waals surface area contributed by atoms with Crippen molar-refractivity contribution in [3.8, 4) is 45.3 Å². The predicted octanol–water partition coefficient (Wildman–Crippen LogP) is 9.59. The van der Waals surface area contributed by atoms with Gasteiger partial charge < -0.3 is 4.42 Å². The van der Waals surface area contributed by atoms with Crippen LogP contribution in [0.3, 0.4) is 0 Å². The highest BCUT2D eigenvalue weighted by atomic mass is 16.3. The van der Waals surface area contributed by atoms with Crippen LogP contribution in [0.25, 0.3) is 78.0 Å². The summed E-state index contributed by atoms with van der Waals surface area (Å²) in [5.41, 5.74) is 6.90. The minimum absolute atomic E-state index is 0.643. The molecule has 6 aromatic carbocycles. The molecule has 4 nitrogen and oxygen atoms in total. The molecule has 0 aliphatic carbocycles. The van der Waals surface area contributed by atoms with Crippen LogP contribution in [-0.2, 0) is 0 Å². The van der Waals surface area contributed by atoms with E-state index in [0.717, 1.165) is 55.1 Å². The number of para-hydroxylation sites is 1. The zero-order valence-electron chi connectivity index (χ0n) is 22.0. The molecular formula is C37H23N3O. The Morgan fingerprint density at radius 2 is 0.902 bits per heavy atom. The molecule has 0 aliphatic heterocycles. The summed E-state index contributed by atoms with van der Waals surface area (Å²) in [6, 6.07) is 47.7. The lowest BCUT2D eigenvalue weighted by atomic mass is 10.0. The second-order valence-electron chi connectivity index (χ2n) is 10.1. The molecule has 4 heteroatoms. The van der Waals surface area contributed by atoms with Gasteiger partial charge in [0.15, 0.2) is 17.5 Å². The van der Waals surface area contributed by atoms with Crippen LogP contribution in [0.2, 0.25) is 0 Å². The Labute approximate surface area is 236 Å². The Balaban J connectivity index is 1.21. The highest BCUT2D eigenvalue weighted by molar-refractivity contribution is 6.06. The van der Waals surface area contributed by atoms with Gasteiger partial charge in [-0.05, 0) is 46.2 Å². The van der Waals surface area contributed by atoms with Gasteiger partial charge in [-0.15, -0.1) is 0 Å². The van der Waals surface area contributed by atoms with Crippen LogP contribution >= 0.6 is 0 Å². The minimum atomic E-state index is 0.643. The molecule has 0 saturated heterocycles. The van der Waals surface area contributed by atoms with Gasteiger partial charge in [0, 0.05) is 27.5 Å². The number of benzene rings is 6. The molecule has 0 N–H and O–H groups in total. The SMILES string of the molecule is c1ccc(-c2nc(-c3ccc(-c4ccc5oc6ccccc6c5c4)cc3)nc(-c3ccc4ccccc4c3)n2)cc1. The summed E-state index contributed by atoms with van der Waals surface area (Å²) in [6.45, 7) is 0. The maximum absolute atomic E-state index is 6.02. The summed E-state index contributed by atoms with van der Waals surface area (Å²) in [5.74, 6) is 1.95. The predicted molar refractivity (Wildman–Crippen MR) is 166 cm³/mol. The zero-order valence-corrected chi connectivity index (χ0v) is 22.0. The fourth-order valence-electron chi connectivity index (χ4n) is 5.40. The van der Waals surface area contributed by atoms with Crippen molar-refractivity contribution in [3.05, 3.63) is 140 Å². The van der Waals surface area contributed by atoms with Crippen molar-refractivity contribution in [1.82, 2.24) is 15.0 Å². The van der Waals surface area contributed by atoms with Crippen LogP contribution in [0.1, 0.15) is 0 Å². The molecule has 2 aromatic heterocycles. The van der Waals surface area contributed by atoms with E-state index in [0.29, 0.717) is 17.5 Å². The second kappa shape index (κ2) is 9.54. The lowest BCUT2D eigenvalue weighted by Gasteiger charge is -2.10. The fourth-order valence-corrected chi connectivity index (χ4v) is 5.40. The minimum Gasteiger partial charge on any atom is -0.456 e. The first-order valence-electron chi connectivity index (χ1n) is 13.6. The number of nitrogens with zero attached hydrogens (tertiary/aromatic N) is 3. The van der Waals surface area contributed by atoms with Crippen LogP contribution < -0.4 is 0 Å². The molecular weight excluding hydrogens is 502 g/mol. The summed E-state index contributed by atoms with van der Waals surface area (Å²) in [5, 5.41) is 4.58. The van der Waals surface area contributed by atoms with Crippen molar-refractivity contribution in [2.45, 2.75) is 0 Å². The smallest absolute Gasteiger partial charge is 0.164 e. The van der Waals surface area contributed by atoms with Gasteiger partial charge in [0.05, 0.1) is 0 Å². The molecule has 0 radical (unpaired) electrons. The Kier molecular flexibility index (Phi) is 5.42. The van der Waals surface area contributed by atoms with Gasteiger partial charge in [-0.2, -0.15) is 0 Å². The maximum atomic E-state index is 6.02. The first-order valence-corrected chi connectivity index (χ1v) is 13.6. The van der Waals surface area contributed by atoms with E-state index in [9.17, 15) is 0 Å². The van der Waals surface area contributed by atoms with Crippen molar-refractivity contribution in [2.24, 2.45) is 0 Å². The summed E-state index contributed by atoms with van der Waals surface area (Å²) in [6.07, 6.45) is 0. The molecule has 192 valence electrons. The van der Waals surface area contributed by atoms with Crippen molar-refractivity contribution in [3.63, 3.8) is 0 Å². The van der Waals surface area contributed by atoms with E-state index in [1.165, 1.54) is 5.39 Å². The molecule has 0 saturated carbocycles. The molecule has 0 fully saturated rings. The lowest BCUT2D eigenvalue weighted by molar-refractivity contribution is 0.669. The number of aromatic nitrogens is 3. The molecule has 0 amide bonds. The van der Waals surface area contributed by atoms with Crippen LogP contribution in [0.4, 0.5) is 0 Å². The summed E-state index contributed by atoms with van der Waals surface area (Å²) < 4.78 is 6.02. The van der Waals surface area contributed by atoms with Crippen molar-refractivity contribution >= 4 is 32.7 Å². The van der Waals surface area contributed by atoms with E-state index < -0.39 is 0 Å². The van der Waals surface area contributed by atoms with Crippen molar-refractivity contribution in [1.29, 1.82) is 0 Å². The summed E-state index contributed by atoms with van der Waals surface area (Å²) in [4.78, 5) is 14.7. The number of furan rings is 1. The van der Waals surface area contributed by atoms with Gasteiger partial charge in [-0.3, -0.25) is 0 Å². The number of fused-ring (bicyclic) bond motifs is 4. The van der Waals surface area contributed by atoms with Crippen molar-refractivity contribution in [2.75, 3.05) is 0 Å². The number of hydrogen-bond acceptors (Lipinski definition) is 4. The van der Waals surface area contributed by atoms with Crippen LogP contribution in [0.15, 0.2) is 144 Å². The maximum Gasteiger partial charge on any atom is 0.164 e. The molecule has 41 heavy (non-hydrogen) atoms. The summed E-state index contributed by atoms with van der Waals surface area (Å²) >= 11 is 0. The third-order valence-corrected chi connectivity index (χ3v) is 7.53. The van der Waals surface area contributed by atoms with E-state index in [4.69, 9.17) is 19.4 Å². The molecule has 8 aromatic rings. The van der Waals surface area contributed by atoms with E-state index in [2.05, 4.69) is 84.9 Å². The average Bonchev–Trinajstić information content (AvgIpc) is 3.43. The monoisotopic (exact) mass is 525 g/mol. The van der Waals surface area contributed by atoms with E-state index in [1.807, 2.05) is 54.6 Å². The van der Waals surface area contributed by atoms with Gasteiger partial charge in [-0.1, -0.05) is 115 Å². The quantitative estimate of drug-likeness (QED) is 0.230. The molecule has 0 spiro atoms. The zero-order chi connectivity index (χ0) is 27.2. The van der Waals surface area contributed by atoms with Gasteiger partial charge >= 0.3 is 0 Å². The molecule has 0 aliphatic rings. The second-order valence-corrected chi connectivity index (χ2v) is 10.1. The van der Waals surface area contributed by atoms with E-state index in [-0.39, 0.29) is 0 Å². The van der Waals surface area contributed by atoms with E-state index in [1.54, 1.807) is 0 Å². The van der Waals surface area contributed by atoms with Gasteiger partial charge in [0.1, 0.15) is 11.2 Å². The molecule has 2 heterocycles.